The fourth-order valence-corrected chi connectivity index (χ4v) is 3.91. The first kappa shape index (κ1) is 18.9. The van der Waals surface area contributed by atoms with Crippen molar-refractivity contribution < 1.29 is 9.59 Å². The summed E-state index contributed by atoms with van der Waals surface area (Å²) < 4.78 is 1.72. The Morgan fingerprint density at radius 1 is 1.03 bits per heavy atom. The third-order valence-electron chi connectivity index (χ3n) is 5.46. The number of hydrogen-bond acceptors (Lipinski definition) is 3. The fourth-order valence-electron chi connectivity index (χ4n) is 3.91. The van der Waals surface area contributed by atoms with E-state index in [-0.39, 0.29) is 5.91 Å². The smallest absolute Gasteiger partial charge is 0.258 e. The first-order valence-electron chi connectivity index (χ1n) is 9.87. The summed E-state index contributed by atoms with van der Waals surface area (Å²) in [5, 5.41) is 4.75. The number of hydrogen-bond donors (Lipinski definition) is 1. The van der Waals surface area contributed by atoms with Gasteiger partial charge in [0.05, 0.1) is 11.3 Å². The molecule has 0 aliphatic carbocycles. The van der Waals surface area contributed by atoms with E-state index in [1.165, 1.54) is 0 Å². The average molecular weight is 388 g/mol. The van der Waals surface area contributed by atoms with E-state index in [9.17, 15) is 9.59 Å². The number of piperidine rings is 1. The number of likely N-dealkylation sites (tertiary alicyclic amines) is 1. The normalized spacial score (nSPS) is 16.6. The van der Waals surface area contributed by atoms with Crippen molar-refractivity contribution in [2.75, 3.05) is 6.54 Å². The van der Waals surface area contributed by atoms with Crippen LogP contribution in [0.15, 0.2) is 60.8 Å². The Hall–Kier alpha value is -3.41. The Labute approximate surface area is 169 Å². The second-order valence-corrected chi connectivity index (χ2v) is 7.40. The minimum atomic E-state index is -0.568. The molecule has 1 fully saturated rings. The molecule has 1 aromatic heterocycles. The molecule has 0 unspecified atom stereocenters. The molecule has 2 heterocycles. The molecule has 2 aromatic carbocycles. The van der Waals surface area contributed by atoms with Crippen molar-refractivity contribution in [2.24, 2.45) is 5.73 Å². The summed E-state index contributed by atoms with van der Waals surface area (Å²) in [6.07, 6.45) is 4.12. The summed E-state index contributed by atoms with van der Waals surface area (Å²) in [7, 11) is 0. The number of carbonyl (C=O) groups excluding carboxylic acids is 2. The minimum Gasteiger partial charge on any atom is -0.368 e. The Bertz CT molecular complexity index is 1040. The maximum atomic E-state index is 13.5. The summed E-state index contributed by atoms with van der Waals surface area (Å²) in [5.41, 5.74) is 9.49. The van der Waals surface area contributed by atoms with Crippen LogP contribution < -0.4 is 5.73 Å². The van der Waals surface area contributed by atoms with Crippen LogP contribution in [0.4, 0.5) is 0 Å². The summed E-state index contributed by atoms with van der Waals surface area (Å²) in [6, 6.07) is 17.0. The van der Waals surface area contributed by atoms with Gasteiger partial charge in [-0.25, -0.2) is 4.68 Å². The predicted molar refractivity (Wildman–Crippen MR) is 112 cm³/mol. The number of amides is 2. The Morgan fingerprint density at radius 3 is 2.48 bits per heavy atom. The van der Waals surface area contributed by atoms with Crippen molar-refractivity contribution in [3.63, 3.8) is 0 Å². The number of para-hydroxylation sites is 1. The van der Waals surface area contributed by atoms with Crippen LogP contribution in [0.25, 0.3) is 16.9 Å². The van der Waals surface area contributed by atoms with Crippen LogP contribution in [-0.2, 0) is 4.79 Å². The number of carbonyl (C=O) groups is 2. The van der Waals surface area contributed by atoms with Crippen molar-refractivity contribution in [2.45, 2.75) is 32.2 Å². The van der Waals surface area contributed by atoms with E-state index < -0.39 is 11.9 Å². The third kappa shape index (κ3) is 3.66. The van der Waals surface area contributed by atoms with E-state index in [0.717, 1.165) is 29.7 Å². The molecule has 148 valence electrons. The standard InChI is InChI=1S/C23H24N4O2/c1-16-9-5-6-12-18(16)21-19(15-27(25-21)17-10-3-2-4-11-17)23(29)26-14-8-7-13-20(26)22(24)28/h2-6,9-12,15,20H,7-8,13-14H2,1H3,(H2,24,28)/t20-/m0/s1. The van der Waals surface area contributed by atoms with Gasteiger partial charge >= 0.3 is 0 Å². The lowest BCUT2D eigenvalue weighted by molar-refractivity contribution is -0.123. The third-order valence-corrected chi connectivity index (χ3v) is 5.46. The molecule has 6 nitrogen and oxygen atoms in total. The average Bonchev–Trinajstić information content (AvgIpc) is 3.19. The number of nitrogens with zero attached hydrogens (tertiary/aromatic N) is 3. The molecule has 29 heavy (non-hydrogen) atoms. The molecular weight excluding hydrogens is 364 g/mol. The lowest BCUT2D eigenvalue weighted by Gasteiger charge is -2.33. The molecule has 2 amide bonds. The molecular formula is C23H24N4O2. The van der Waals surface area contributed by atoms with Crippen molar-refractivity contribution in [3.05, 3.63) is 71.9 Å². The van der Waals surface area contributed by atoms with Crippen molar-refractivity contribution in [1.82, 2.24) is 14.7 Å². The van der Waals surface area contributed by atoms with Gasteiger partial charge in [-0.15, -0.1) is 0 Å². The zero-order chi connectivity index (χ0) is 20.4. The molecule has 4 rings (SSSR count). The minimum absolute atomic E-state index is 0.200. The first-order chi connectivity index (χ1) is 14.1. The van der Waals surface area contributed by atoms with Gasteiger partial charge in [-0.2, -0.15) is 5.10 Å². The largest absolute Gasteiger partial charge is 0.368 e. The maximum Gasteiger partial charge on any atom is 0.258 e. The van der Waals surface area contributed by atoms with Crippen molar-refractivity contribution >= 4 is 11.8 Å². The van der Waals surface area contributed by atoms with Gasteiger partial charge in [0.15, 0.2) is 0 Å². The Kier molecular flexibility index (Phi) is 5.16. The summed E-state index contributed by atoms with van der Waals surface area (Å²) in [4.78, 5) is 27.1. The zero-order valence-corrected chi connectivity index (χ0v) is 16.4. The molecule has 0 saturated carbocycles. The highest BCUT2D eigenvalue weighted by Crippen LogP contribution is 2.29. The number of rotatable bonds is 4. The lowest BCUT2D eigenvalue weighted by atomic mass is 9.98. The van der Waals surface area contributed by atoms with Gasteiger partial charge in [0.2, 0.25) is 5.91 Å². The highest BCUT2D eigenvalue weighted by Gasteiger charge is 2.33. The van der Waals surface area contributed by atoms with E-state index in [2.05, 4.69) is 0 Å². The quantitative estimate of drug-likeness (QED) is 0.744. The fraction of sp³-hybridized carbons (Fsp3) is 0.261. The monoisotopic (exact) mass is 388 g/mol. The van der Waals surface area contributed by atoms with Gasteiger partial charge in [-0.05, 0) is 43.9 Å². The van der Waals surface area contributed by atoms with Gasteiger partial charge in [0.1, 0.15) is 11.7 Å². The summed E-state index contributed by atoms with van der Waals surface area (Å²) in [5.74, 6) is -0.653. The van der Waals surface area contributed by atoms with Crippen LogP contribution in [0.2, 0.25) is 0 Å². The number of aryl methyl sites for hydroxylation is 1. The molecule has 1 atom stereocenters. The molecule has 1 aliphatic rings. The van der Waals surface area contributed by atoms with Crippen LogP contribution >= 0.6 is 0 Å². The molecule has 0 bridgehead atoms. The highest BCUT2D eigenvalue weighted by atomic mass is 16.2. The number of aromatic nitrogens is 2. The van der Waals surface area contributed by atoms with E-state index in [1.807, 2.05) is 61.5 Å². The van der Waals surface area contributed by atoms with E-state index in [4.69, 9.17) is 10.8 Å². The van der Waals surface area contributed by atoms with Crippen LogP contribution in [0, 0.1) is 6.92 Å². The molecule has 0 spiro atoms. The maximum absolute atomic E-state index is 13.5. The van der Waals surface area contributed by atoms with Gasteiger partial charge in [0.25, 0.3) is 5.91 Å². The Balaban J connectivity index is 1.83. The van der Waals surface area contributed by atoms with E-state index >= 15 is 0 Å². The Morgan fingerprint density at radius 2 is 1.76 bits per heavy atom. The zero-order valence-electron chi connectivity index (χ0n) is 16.4. The summed E-state index contributed by atoms with van der Waals surface area (Å²) in [6.45, 7) is 2.52. The van der Waals surface area contributed by atoms with E-state index in [0.29, 0.717) is 24.2 Å². The molecule has 1 aliphatic heterocycles. The summed E-state index contributed by atoms with van der Waals surface area (Å²) >= 11 is 0. The second-order valence-electron chi connectivity index (χ2n) is 7.40. The SMILES string of the molecule is Cc1ccccc1-c1nn(-c2ccccc2)cc1C(=O)N1CCCC[C@H]1C(N)=O. The van der Waals surface area contributed by atoms with Crippen LogP contribution in [0.3, 0.4) is 0 Å². The predicted octanol–water partition coefficient (Wildman–Crippen LogP) is 3.33. The molecule has 3 aromatic rings. The van der Waals surface area contributed by atoms with Crippen LogP contribution in [-0.4, -0.2) is 39.1 Å². The van der Waals surface area contributed by atoms with Gasteiger partial charge in [-0.1, -0.05) is 42.5 Å². The first-order valence-corrected chi connectivity index (χ1v) is 9.87. The molecule has 6 heteroatoms. The van der Waals surface area contributed by atoms with Gasteiger partial charge in [-0.3, -0.25) is 9.59 Å². The van der Waals surface area contributed by atoms with E-state index in [1.54, 1.807) is 15.8 Å². The topological polar surface area (TPSA) is 81.2 Å². The molecule has 1 saturated heterocycles. The number of nitrogens with two attached hydrogens (primary N) is 1. The van der Waals surface area contributed by atoms with Gasteiger partial charge < -0.3 is 10.6 Å². The molecule has 2 N–H and O–H groups in total. The second kappa shape index (κ2) is 7.91. The van der Waals surface area contributed by atoms with Crippen molar-refractivity contribution in [1.29, 1.82) is 0 Å². The molecule has 0 radical (unpaired) electrons. The number of benzene rings is 2. The number of primary amides is 1. The van der Waals surface area contributed by atoms with Gasteiger partial charge in [0, 0.05) is 18.3 Å². The van der Waals surface area contributed by atoms with Crippen LogP contribution in [0.5, 0.6) is 0 Å². The highest BCUT2D eigenvalue weighted by molar-refractivity contribution is 6.02. The van der Waals surface area contributed by atoms with Crippen LogP contribution in [0.1, 0.15) is 35.2 Å². The van der Waals surface area contributed by atoms with Crippen molar-refractivity contribution in [3.8, 4) is 16.9 Å². The lowest BCUT2D eigenvalue weighted by Crippen LogP contribution is -2.50.